The first-order valence-electron chi connectivity index (χ1n) is 5.55. The lowest BCUT2D eigenvalue weighted by molar-refractivity contribution is -0.146. The van der Waals surface area contributed by atoms with Crippen molar-refractivity contribution in [3.05, 3.63) is 18.0 Å². The Morgan fingerprint density at radius 2 is 2.11 bits per heavy atom. The van der Waals surface area contributed by atoms with Crippen molar-refractivity contribution in [2.75, 3.05) is 25.6 Å². The zero-order valence-electron chi connectivity index (χ0n) is 10.1. The third-order valence-corrected chi connectivity index (χ3v) is 2.35. The predicted molar refractivity (Wildman–Crippen MR) is 60.8 cm³/mol. The van der Waals surface area contributed by atoms with Gasteiger partial charge in [-0.05, 0) is 18.6 Å². The molecule has 2 aromatic rings. The lowest BCUT2D eigenvalue weighted by Crippen LogP contribution is -2.14. The second-order valence-electron chi connectivity index (χ2n) is 3.78. The molecule has 0 saturated carbocycles. The van der Waals surface area contributed by atoms with E-state index in [-0.39, 0.29) is 5.65 Å². The second kappa shape index (κ2) is 5.39. The molecule has 0 saturated heterocycles. The monoisotopic (exact) mass is 275 g/mol. The van der Waals surface area contributed by atoms with Crippen LogP contribution in [0, 0.1) is 0 Å². The summed E-state index contributed by atoms with van der Waals surface area (Å²) in [6.45, 7) is 1.12. The molecule has 104 valence electrons. The number of hydrogen-bond acceptors (Lipinski definition) is 5. The van der Waals surface area contributed by atoms with Crippen LogP contribution in [0.2, 0.25) is 0 Å². The molecule has 6 nitrogen and oxygen atoms in total. The van der Waals surface area contributed by atoms with E-state index in [1.165, 1.54) is 6.07 Å². The second-order valence-corrected chi connectivity index (χ2v) is 3.78. The van der Waals surface area contributed by atoms with E-state index in [1.807, 2.05) is 0 Å². The van der Waals surface area contributed by atoms with Crippen molar-refractivity contribution >= 4 is 11.5 Å². The zero-order valence-corrected chi connectivity index (χ0v) is 10.1. The summed E-state index contributed by atoms with van der Waals surface area (Å²) in [7, 11) is 1.58. The number of nitrogens with zero attached hydrogens (tertiary/aromatic N) is 4. The van der Waals surface area contributed by atoms with Gasteiger partial charge < -0.3 is 10.1 Å². The molecular formula is C10H12F3N5O. The molecule has 9 heteroatoms. The van der Waals surface area contributed by atoms with Crippen LogP contribution in [0.15, 0.2) is 12.1 Å². The molecule has 0 aliphatic carbocycles. The van der Waals surface area contributed by atoms with Gasteiger partial charge in [0.15, 0.2) is 5.65 Å². The fourth-order valence-corrected chi connectivity index (χ4v) is 1.49. The van der Waals surface area contributed by atoms with Crippen molar-refractivity contribution in [1.82, 2.24) is 19.8 Å². The lowest BCUT2D eigenvalue weighted by Gasteiger charge is -2.07. The number of ether oxygens (including phenoxy) is 1. The highest BCUT2D eigenvalue weighted by Crippen LogP contribution is 2.27. The highest BCUT2D eigenvalue weighted by atomic mass is 19.4. The number of fused-ring (bicyclic) bond motifs is 1. The summed E-state index contributed by atoms with van der Waals surface area (Å²) >= 11 is 0. The molecule has 0 atom stereocenters. The number of nitrogens with one attached hydrogen (secondary N) is 1. The topological polar surface area (TPSA) is 64.3 Å². The van der Waals surface area contributed by atoms with E-state index in [0.717, 1.165) is 6.42 Å². The summed E-state index contributed by atoms with van der Waals surface area (Å²) < 4.78 is 43.5. The quantitative estimate of drug-likeness (QED) is 0.839. The Kier molecular flexibility index (Phi) is 3.84. The van der Waals surface area contributed by atoms with Crippen LogP contribution in [-0.2, 0) is 10.9 Å². The molecule has 2 rings (SSSR count). The van der Waals surface area contributed by atoms with Crippen molar-refractivity contribution in [3.8, 4) is 0 Å². The highest BCUT2D eigenvalue weighted by molar-refractivity contribution is 5.44. The van der Waals surface area contributed by atoms with Crippen LogP contribution in [0.5, 0.6) is 0 Å². The number of hydrogen-bond donors (Lipinski definition) is 1. The summed E-state index contributed by atoms with van der Waals surface area (Å²) in [5.74, 6) is -0.808. The fraction of sp³-hybridized carbons (Fsp3) is 0.500. The van der Waals surface area contributed by atoms with Gasteiger partial charge in [-0.25, -0.2) is 0 Å². The van der Waals surface area contributed by atoms with Crippen LogP contribution >= 0.6 is 0 Å². The molecule has 0 aliphatic heterocycles. The molecule has 0 unspecified atom stereocenters. The maximum absolute atomic E-state index is 12.6. The van der Waals surface area contributed by atoms with E-state index in [9.17, 15) is 13.2 Å². The maximum Gasteiger partial charge on any atom is 0.453 e. The van der Waals surface area contributed by atoms with Gasteiger partial charge in [0.1, 0.15) is 5.82 Å². The van der Waals surface area contributed by atoms with Crippen molar-refractivity contribution < 1.29 is 17.9 Å². The van der Waals surface area contributed by atoms with Gasteiger partial charge in [-0.1, -0.05) is 0 Å². The van der Waals surface area contributed by atoms with E-state index >= 15 is 0 Å². The number of halogens is 3. The largest absolute Gasteiger partial charge is 0.453 e. The van der Waals surface area contributed by atoms with Gasteiger partial charge in [0.05, 0.1) is 0 Å². The van der Waals surface area contributed by atoms with Crippen LogP contribution < -0.4 is 5.32 Å². The van der Waals surface area contributed by atoms with E-state index in [0.29, 0.717) is 23.5 Å². The van der Waals surface area contributed by atoms with Crippen molar-refractivity contribution in [3.63, 3.8) is 0 Å². The fourth-order valence-electron chi connectivity index (χ4n) is 1.49. The molecule has 0 aromatic carbocycles. The van der Waals surface area contributed by atoms with Crippen molar-refractivity contribution in [2.24, 2.45) is 0 Å². The standard InChI is InChI=1S/C10H12F3N5O/c1-19-6-2-5-14-7-3-4-8-15-16-9(10(11,12)13)18(8)17-7/h3-4H,2,5-6H2,1H3,(H,14,17). The number of anilines is 1. The van der Waals surface area contributed by atoms with Crippen LogP contribution in [-0.4, -0.2) is 40.1 Å². The number of aromatic nitrogens is 4. The first-order chi connectivity index (χ1) is 9.02. The molecular weight excluding hydrogens is 263 g/mol. The predicted octanol–water partition coefficient (Wildman–Crippen LogP) is 1.59. The Bertz CT molecular complexity index is 554. The highest BCUT2D eigenvalue weighted by Gasteiger charge is 2.37. The Balaban J connectivity index is 2.19. The summed E-state index contributed by atoms with van der Waals surface area (Å²) in [5.41, 5.74) is 0.0507. The molecule has 1 N–H and O–H groups in total. The Hall–Kier alpha value is -1.90. The van der Waals surface area contributed by atoms with E-state index in [1.54, 1.807) is 13.2 Å². The molecule has 2 heterocycles. The smallest absolute Gasteiger partial charge is 0.385 e. The van der Waals surface area contributed by atoms with Crippen molar-refractivity contribution in [1.29, 1.82) is 0 Å². The van der Waals surface area contributed by atoms with Crippen LogP contribution in [0.1, 0.15) is 12.2 Å². The normalized spacial score (nSPS) is 12.0. The molecule has 19 heavy (non-hydrogen) atoms. The summed E-state index contributed by atoms with van der Waals surface area (Å²) in [4.78, 5) is 0. The molecule has 0 amide bonds. The number of rotatable bonds is 5. The van der Waals surface area contributed by atoms with Crippen LogP contribution in [0.25, 0.3) is 5.65 Å². The van der Waals surface area contributed by atoms with Crippen LogP contribution in [0.4, 0.5) is 19.0 Å². The molecule has 0 fully saturated rings. The van der Waals surface area contributed by atoms with E-state index in [2.05, 4.69) is 20.6 Å². The molecule has 2 aromatic heterocycles. The summed E-state index contributed by atoms with van der Waals surface area (Å²) in [6.07, 6.45) is -3.86. The van der Waals surface area contributed by atoms with Gasteiger partial charge in [0.25, 0.3) is 5.82 Å². The van der Waals surface area contributed by atoms with Gasteiger partial charge in [-0.3, -0.25) is 0 Å². The minimum Gasteiger partial charge on any atom is -0.385 e. The van der Waals surface area contributed by atoms with Gasteiger partial charge in [0.2, 0.25) is 0 Å². The third-order valence-electron chi connectivity index (χ3n) is 2.35. The van der Waals surface area contributed by atoms with E-state index in [4.69, 9.17) is 4.74 Å². The van der Waals surface area contributed by atoms with Crippen molar-refractivity contribution in [2.45, 2.75) is 12.6 Å². The Morgan fingerprint density at radius 3 is 2.79 bits per heavy atom. The SMILES string of the molecule is COCCCNc1ccc2nnc(C(F)(F)F)n2n1. The molecule has 0 radical (unpaired) electrons. The van der Waals surface area contributed by atoms with Crippen LogP contribution in [0.3, 0.4) is 0 Å². The molecule has 0 spiro atoms. The minimum absolute atomic E-state index is 0.0507. The summed E-state index contributed by atoms with van der Waals surface area (Å²) in [6, 6.07) is 2.98. The number of alkyl halides is 3. The Labute approximate surface area is 106 Å². The third kappa shape index (κ3) is 3.11. The average Bonchev–Trinajstić information content (AvgIpc) is 2.77. The summed E-state index contributed by atoms with van der Waals surface area (Å²) in [5, 5.41) is 13.2. The zero-order chi connectivity index (χ0) is 13.9. The first-order valence-corrected chi connectivity index (χ1v) is 5.55. The van der Waals surface area contributed by atoms with E-state index < -0.39 is 12.0 Å². The number of methoxy groups -OCH3 is 1. The maximum atomic E-state index is 12.6. The van der Waals surface area contributed by atoms with Gasteiger partial charge >= 0.3 is 6.18 Å². The Morgan fingerprint density at radius 1 is 1.32 bits per heavy atom. The molecule has 0 bridgehead atoms. The molecule has 0 aliphatic rings. The first kappa shape index (κ1) is 13.5. The van der Waals surface area contributed by atoms with Gasteiger partial charge in [0, 0.05) is 20.3 Å². The van der Waals surface area contributed by atoms with Gasteiger partial charge in [-0.15, -0.1) is 15.3 Å². The average molecular weight is 275 g/mol. The van der Waals surface area contributed by atoms with Gasteiger partial charge in [-0.2, -0.15) is 17.7 Å². The lowest BCUT2D eigenvalue weighted by atomic mass is 10.4. The minimum atomic E-state index is -4.58.